The van der Waals surface area contributed by atoms with Crippen LogP contribution in [-0.2, 0) is 10.9 Å². The van der Waals surface area contributed by atoms with Crippen LogP contribution in [0.25, 0.3) is 0 Å². The van der Waals surface area contributed by atoms with Crippen LogP contribution in [0.5, 0.6) is 0 Å². The van der Waals surface area contributed by atoms with E-state index >= 15 is 0 Å². The molecule has 1 aromatic carbocycles. The van der Waals surface area contributed by atoms with Crippen LogP contribution in [0.4, 0.5) is 13.2 Å². The highest BCUT2D eigenvalue weighted by atomic mass is 19.4. The van der Waals surface area contributed by atoms with Gasteiger partial charge in [0.2, 0.25) is 0 Å². The summed E-state index contributed by atoms with van der Waals surface area (Å²) in [5.74, 6) is 0. The van der Waals surface area contributed by atoms with E-state index in [2.05, 4.69) is 12.2 Å². The highest BCUT2D eigenvalue weighted by molar-refractivity contribution is 5.26. The monoisotopic (exact) mass is 305 g/mol. The Morgan fingerprint density at radius 2 is 1.86 bits per heavy atom. The van der Waals surface area contributed by atoms with Crippen molar-refractivity contribution < 1.29 is 23.0 Å². The minimum absolute atomic E-state index is 0.129. The van der Waals surface area contributed by atoms with Gasteiger partial charge in [-0.2, -0.15) is 13.2 Å². The minimum Gasteiger partial charge on any atom is -0.387 e. The molecule has 0 aliphatic heterocycles. The smallest absolute Gasteiger partial charge is 0.387 e. The van der Waals surface area contributed by atoms with Crippen LogP contribution in [0, 0.1) is 0 Å². The Hall–Kier alpha value is -1.11. The third-order valence-corrected chi connectivity index (χ3v) is 3.23. The van der Waals surface area contributed by atoms with Crippen molar-refractivity contribution >= 4 is 0 Å². The van der Waals surface area contributed by atoms with Crippen molar-refractivity contribution in [3.8, 4) is 0 Å². The lowest BCUT2D eigenvalue weighted by Crippen LogP contribution is -2.36. The first-order chi connectivity index (χ1) is 9.88. The molecule has 0 saturated carbocycles. The van der Waals surface area contributed by atoms with E-state index in [1.807, 2.05) is 0 Å². The van der Waals surface area contributed by atoms with E-state index in [0.29, 0.717) is 12.2 Å². The average molecular weight is 305 g/mol. The van der Waals surface area contributed by atoms with Crippen molar-refractivity contribution in [1.29, 1.82) is 0 Å². The third kappa shape index (κ3) is 6.03. The number of rotatable bonds is 8. The number of ether oxygens (including phenoxy) is 1. The maximum absolute atomic E-state index is 12.5. The number of hydrogen-bond donors (Lipinski definition) is 2. The number of benzene rings is 1. The molecule has 0 aromatic heterocycles. The van der Waals surface area contributed by atoms with Crippen LogP contribution in [0.3, 0.4) is 0 Å². The molecule has 120 valence electrons. The van der Waals surface area contributed by atoms with Gasteiger partial charge < -0.3 is 15.2 Å². The molecule has 6 heteroatoms. The highest BCUT2D eigenvalue weighted by Gasteiger charge is 2.30. The molecule has 1 rings (SSSR count). The quantitative estimate of drug-likeness (QED) is 0.775. The molecule has 0 bridgehead atoms. The molecule has 1 aromatic rings. The molecule has 0 spiro atoms. The Balaban J connectivity index is 2.56. The Labute approximate surface area is 123 Å². The van der Waals surface area contributed by atoms with Crippen LogP contribution >= 0.6 is 0 Å². The van der Waals surface area contributed by atoms with E-state index in [4.69, 9.17) is 4.74 Å². The van der Waals surface area contributed by atoms with Gasteiger partial charge in [0.1, 0.15) is 0 Å². The topological polar surface area (TPSA) is 41.5 Å². The molecule has 0 aliphatic carbocycles. The van der Waals surface area contributed by atoms with Crippen LogP contribution in [0.2, 0.25) is 0 Å². The minimum atomic E-state index is -4.35. The summed E-state index contributed by atoms with van der Waals surface area (Å²) in [5.41, 5.74) is -0.252. The second-order valence-electron chi connectivity index (χ2n) is 4.98. The number of halogens is 3. The lowest BCUT2D eigenvalue weighted by molar-refractivity contribution is -0.137. The molecule has 3 nitrogen and oxygen atoms in total. The predicted octanol–water partition coefficient (Wildman–Crippen LogP) is 3.14. The lowest BCUT2D eigenvalue weighted by atomic mass is 10.1. The number of nitrogens with one attached hydrogen (secondary N) is 1. The van der Waals surface area contributed by atoms with Gasteiger partial charge in [0, 0.05) is 19.7 Å². The van der Waals surface area contributed by atoms with Crippen molar-refractivity contribution in [2.75, 3.05) is 20.3 Å². The summed E-state index contributed by atoms with van der Waals surface area (Å²) in [4.78, 5) is 0. The number of aliphatic hydroxyl groups is 1. The molecule has 2 unspecified atom stereocenters. The Morgan fingerprint density at radius 1 is 1.24 bits per heavy atom. The van der Waals surface area contributed by atoms with Crippen molar-refractivity contribution in [1.82, 2.24) is 5.32 Å². The SMILES string of the molecule is CCCC(COC)NCC(O)c1ccc(C(F)(F)F)cc1. The largest absolute Gasteiger partial charge is 0.416 e. The van der Waals surface area contributed by atoms with Gasteiger partial charge in [-0.1, -0.05) is 25.5 Å². The summed E-state index contributed by atoms with van der Waals surface area (Å²) in [5, 5.41) is 13.2. The maximum Gasteiger partial charge on any atom is 0.416 e. The summed E-state index contributed by atoms with van der Waals surface area (Å²) < 4.78 is 42.4. The summed E-state index contributed by atoms with van der Waals surface area (Å²) in [6.07, 6.45) is -3.30. The number of aliphatic hydroxyl groups excluding tert-OH is 1. The Bertz CT molecular complexity index is 400. The van der Waals surface area contributed by atoms with Gasteiger partial charge in [-0.3, -0.25) is 0 Å². The van der Waals surface area contributed by atoms with Gasteiger partial charge in [-0.25, -0.2) is 0 Å². The van der Waals surface area contributed by atoms with E-state index in [9.17, 15) is 18.3 Å². The zero-order chi connectivity index (χ0) is 15.9. The number of methoxy groups -OCH3 is 1. The second kappa shape index (κ2) is 8.36. The van der Waals surface area contributed by atoms with E-state index in [-0.39, 0.29) is 12.6 Å². The third-order valence-electron chi connectivity index (χ3n) is 3.23. The maximum atomic E-state index is 12.5. The first kappa shape index (κ1) is 17.9. The molecule has 2 N–H and O–H groups in total. The van der Waals surface area contributed by atoms with Crippen molar-refractivity contribution in [2.24, 2.45) is 0 Å². The molecule has 0 radical (unpaired) electrons. The van der Waals surface area contributed by atoms with Crippen molar-refractivity contribution in [3.63, 3.8) is 0 Å². The zero-order valence-corrected chi connectivity index (χ0v) is 12.3. The number of hydrogen-bond acceptors (Lipinski definition) is 3. The van der Waals surface area contributed by atoms with Gasteiger partial charge in [0.25, 0.3) is 0 Å². The second-order valence-corrected chi connectivity index (χ2v) is 4.98. The van der Waals surface area contributed by atoms with E-state index in [1.54, 1.807) is 7.11 Å². The molecule has 0 aliphatic rings. The van der Waals surface area contributed by atoms with Crippen LogP contribution in [0.1, 0.15) is 37.0 Å². The van der Waals surface area contributed by atoms with Crippen LogP contribution in [0.15, 0.2) is 24.3 Å². The van der Waals surface area contributed by atoms with Crippen molar-refractivity contribution in [3.05, 3.63) is 35.4 Å². The lowest BCUT2D eigenvalue weighted by Gasteiger charge is -2.20. The molecular weight excluding hydrogens is 283 g/mol. The van der Waals surface area contributed by atoms with Gasteiger partial charge in [0.05, 0.1) is 18.3 Å². The van der Waals surface area contributed by atoms with Gasteiger partial charge in [-0.15, -0.1) is 0 Å². The zero-order valence-electron chi connectivity index (χ0n) is 12.3. The first-order valence-electron chi connectivity index (χ1n) is 6.96. The van der Waals surface area contributed by atoms with Crippen LogP contribution < -0.4 is 5.32 Å². The normalized spacial score (nSPS) is 15.0. The fourth-order valence-corrected chi connectivity index (χ4v) is 2.08. The molecule has 0 saturated heterocycles. The molecule has 0 heterocycles. The summed E-state index contributed by atoms with van der Waals surface area (Å²) in [7, 11) is 1.61. The molecular formula is C15H22F3NO2. The highest BCUT2D eigenvalue weighted by Crippen LogP contribution is 2.29. The molecule has 0 fully saturated rings. The summed E-state index contributed by atoms with van der Waals surface area (Å²) >= 11 is 0. The van der Waals surface area contributed by atoms with Crippen molar-refractivity contribution in [2.45, 2.75) is 38.1 Å². The Morgan fingerprint density at radius 3 is 2.33 bits per heavy atom. The van der Waals surface area contributed by atoms with E-state index in [0.717, 1.165) is 25.0 Å². The molecule has 0 amide bonds. The fourth-order valence-electron chi connectivity index (χ4n) is 2.08. The Kier molecular flexibility index (Phi) is 7.14. The van der Waals surface area contributed by atoms with E-state index in [1.165, 1.54) is 12.1 Å². The summed E-state index contributed by atoms with van der Waals surface area (Å²) in [6.45, 7) is 2.86. The molecule has 2 atom stereocenters. The van der Waals surface area contributed by atoms with E-state index < -0.39 is 17.8 Å². The van der Waals surface area contributed by atoms with Gasteiger partial charge in [0.15, 0.2) is 0 Å². The van der Waals surface area contributed by atoms with Crippen LogP contribution in [-0.4, -0.2) is 31.4 Å². The first-order valence-corrected chi connectivity index (χ1v) is 6.96. The predicted molar refractivity (Wildman–Crippen MR) is 75.0 cm³/mol. The summed E-state index contributed by atoms with van der Waals surface area (Å²) in [6, 6.07) is 4.71. The standard InChI is InChI=1S/C15H22F3NO2/c1-3-4-13(10-21-2)19-9-14(20)11-5-7-12(8-6-11)15(16,17)18/h5-8,13-14,19-20H,3-4,9-10H2,1-2H3. The fraction of sp³-hybridized carbons (Fsp3) is 0.600. The van der Waals surface area contributed by atoms with Gasteiger partial charge >= 0.3 is 6.18 Å². The average Bonchev–Trinajstić information content (AvgIpc) is 2.44. The number of alkyl halides is 3. The van der Waals surface area contributed by atoms with Gasteiger partial charge in [-0.05, 0) is 24.1 Å². The molecule has 21 heavy (non-hydrogen) atoms.